The monoisotopic (exact) mass is 176 g/mol. The molecule has 0 bridgehead atoms. The molecule has 1 aliphatic rings. The van der Waals surface area contributed by atoms with Crippen molar-refractivity contribution in [3.05, 3.63) is 35.4 Å². The second-order valence-corrected chi connectivity index (χ2v) is 3.74. The topological polar surface area (TPSA) is 37.3 Å². The number of carbonyl (C=O) groups is 1. The highest BCUT2D eigenvalue weighted by Gasteiger charge is 2.32. The van der Waals surface area contributed by atoms with Gasteiger partial charge in [-0.25, -0.2) is 0 Å². The number of hydrogen-bond donors (Lipinski definition) is 1. The predicted octanol–water partition coefficient (Wildman–Crippen LogP) is 1.87. The van der Waals surface area contributed by atoms with Crippen LogP contribution in [0.5, 0.6) is 0 Å². The van der Waals surface area contributed by atoms with Crippen LogP contribution >= 0.6 is 0 Å². The molecule has 2 rings (SSSR count). The molecule has 1 aromatic rings. The number of benzene rings is 1. The maximum absolute atomic E-state index is 11.5. The Hall–Kier alpha value is -1.15. The zero-order chi connectivity index (χ0) is 9.47. The Kier molecular flexibility index (Phi) is 1.74. The lowest BCUT2D eigenvalue weighted by Crippen LogP contribution is -2.29. The fraction of sp³-hybridized carbons (Fsp3) is 0.364. The summed E-state index contributed by atoms with van der Waals surface area (Å²) in [5, 5.41) is 9.99. The molecule has 1 atom stereocenters. The van der Waals surface area contributed by atoms with Gasteiger partial charge in [-0.3, -0.25) is 4.79 Å². The summed E-state index contributed by atoms with van der Waals surface area (Å²) in [4.78, 5) is 11.5. The molecule has 2 nitrogen and oxygen atoms in total. The molecule has 0 radical (unpaired) electrons. The van der Waals surface area contributed by atoms with E-state index in [1.807, 2.05) is 18.2 Å². The van der Waals surface area contributed by atoms with Crippen molar-refractivity contribution >= 4 is 5.78 Å². The molecule has 68 valence electrons. The molecule has 0 heterocycles. The Morgan fingerprint density at radius 2 is 2.08 bits per heavy atom. The van der Waals surface area contributed by atoms with E-state index in [1.165, 1.54) is 0 Å². The molecule has 0 fully saturated rings. The molecule has 13 heavy (non-hydrogen) atoms. The first-order valence-corrected chi connectivity index (χ1v) is 4.46. The Morgan fingerprint density at radius 3 is 2.77 bits per heavy atom. The lowest BCUT2D eigenvalue weighted by molar-refractivity contribution is 0.0364. The number of hydrogen-bond acceptors (Lipinski definition) is 2. The average molecular weight is 176 g/mol. The quantitative estimate of drug-likeness (QED) is 0.655. The minimum absolute atomic E-state index is 0.141. The van der Waals surface area contributed by atoms with Crippen LogP contribution in [-0.4, -0.2) is 10.9 Å². The molecule has 0 spiro atoms. The summed E-state index contributed by atoms with van der Waals surface area (Å²) in [6.07, 6.45) is 0.979. The van der Waals surface area contributed by atoms with Gasteiger partial charge in [0.05, 0.1) is 5.60 Å². The van der Waals surface area contributed by atoms with Crippen LogP contribution < -0.4 is 0 Å². The average Bonchev–Trinajstić information content (AvgIpc) is 2.13. The second-order valence-electron chi connectivity index (χ2n) is 3.74. The van der Waals surface area contributed by atoms with Crippen molar-refractivity contribution in [1.29, 1.82) is 0 Å². The fourth-order valence-electron chi connectivity index (χ4n) is 1.82. The SMILES string of the molecule is CC1(O)CCC(=O)c2ccccc21. The Labute approximate surface area is 77.2 Å². The lowest BCUT2D eigenvalue weighted by Gasteiger charge is -2.29. The van der Waals surface area contributed by atoms with Crippen LogP contribution in [0.3, 0.4) is 0 Å². The Bertz CT molecular complexity index is 353. The number of Topliss-reactive ketones (excluding diaryl/α,β-unsaturated/α-hetero) is 1. The number of fused-ring (bicyclic) bond motifs is 1. The zero-order valence-corrected chi connectivity index (χ0v) is 7.58. The number of carbonyl (C=O) groups excluding carboxylic acids is 1. The van der Waals surface area contributed by atoms with Crippen molar-refractivity contribution in [3.63, 3.8) is 0 Å². The summed E-state index contributed by atoms with van der Waals surface area (Å²) in [6.45, 7) is 1.76. The van der Waals surface area contributed by atoms with Gasteiger partial charge in [-0.1, -0.05) is 24.3 Å². The van der Waals surface area contributed by atoms with Gasteiger partial charge in [0.25, 0.3) is 0 Å². The van der Waals surface area contributed by atoms with Gasteiger partial charge < -0.3 is 5.11 Å². The third kappa shape index (κ3) is 1.27. The van der Waals surface area contributed by atoms with Gasteiger partial charge in [-0.2, -0.15) is 0 Å². The molecule has 0 saturated carbocycles. The number of aliphatic hydroxyl groups is 1. The molecule has 0 amide bonds. The summed E-state index contributed by atoms with van der Waals surface area (Å²) in [6, 6.07) is 7.29. The molecular formula is C11H12O2. The van der Waals surface area contributed by atoms with Crippen molar-refractivity contribution in [3.8, 4) is 0 Å². The van der Waals surface area contributed by atoms with Gasteiger partial charge in [0.15, 0.2) is 5.78 Å². The maximum atomic E-state index is 11.5. The summed E-state index contributed by atoms with van der Waals surface area (Å²) < 4.78 is 0. The number of rotatable bonds is 0. The highest BCUT2D eigenvalue weighted by molar-refractivity contribution is 5.98. The van der Waals surface area contributed by atoms with Crippen LogP contribution in [0.25, 0.3) is 0 Å². The van der Waals surface area contributed by atoms with Crippen LogP contribution in [0.15, 0.2) is 24.3 Å². The van der Waals surface area contributed by atoms with Gasteiger partial charge in [0.1, 0.15) is 0 Å². The standard InChI is InChI=1S/C11H12O2/c1-11(13)7-6-10(12)8-4-2-3-5-9(8)11/h2-5,13H,6-7H2,1H3. The summed E-state index contributed by atoms with van der Waals surface area (Å²) in [7, 11) is 0. The normalized spacial score (nSPS) is 27.1. The van der Waals surface area contributed by atoms with Crippen molar-refractivity contribution in [2.45, 2.75) is 25.4 Å². The van der Waals surface area contributed by atoms with E-state index in [1.54, 1.807) is 13.0 Å². The predicted molar refractivity (Wildman–Crippen MR) is 49.6 cm³/mol. The molecule has 1 aliphatic carbocycles. The molecule has 1 N–H and O–H groups in total. The fourth-order valence-corrected chi connectivity index (χ4v) is 1.82. The van der Waals surface area contributed by atoms with E-state index < -0.39 is 5.60 Å². The van der Waals surface area contributed by atoms with E-state index >= 15 is 0 Å². The Morgan fingerprint density at radius 1 is 1.38 bits per heavy atom. The molecule has 0 saturated heterocycles. The van der Waals surface area contributed by atoms with E-state index in [0.29, 0.717) is 18.4 Å². The van der Waals surface area contributed by atoms with Gasteiger partial charge in [-0.05, 0) is 18.9 Å². The van der Waals surface area contributed by atoms with Crippen molar-refractivity contribution in [2.75, 3.05) is 0 Å². The van der Waals surface area contributed by atoms with Crippen LogP contribution in [-0.2, 0) is 5.60 Å². The van der Waals surface area contributed by atoms with Gasteiger partial charge in [0.2, 0.25) is 0 Å². The largest absolute Gasteiger partial charge is 0.385 e. The first-order valence-electron chi connectivity index (χ1n) is 4.46. The van der Waals surface area contributed by atoms with Crippen LogP contribution in [0.1, 0.15) is 35.7 Å². The van der Waals surface area contributed by atoms with Crippen molar-refractivity contribution < 1.29 is 9.90 Å². The Balaban J connectivity index is 2.61. The highest BCUT2D eigenvalue weighted by atomic mass is 16.3. The third-order valence-electron chi connectivity index (χ3n) is 2.65. The van der Waals surface area contributed by atoms with E-state index in [-0.39, 0.29) is 5.78 Å². The molecule has 0 aliphatic heterocycles. The zero-order valence-electron chi connectivity index (χ0n) is 7.58. The minimum atomic E-state index is -0.829. The maximum Gasteiger partial charge on any atom is 0.163 e. The van der Waals surface area contributed by atoms with E-state index in [4.69, 9.17) is 0 Å². The smallest absolute Gasteiger partial charge is 0.163 e. The molecule has 0 aromatic heterocycles. The number of ketones is 1. The summed E-state index contributed by atoms with van der Waals surface area (Å²) in [5.74, 6) is 0.141. The van der Waals surface area contributed by atoms with Crippen LogP contribution in [0, 0.1) is 0 Å². The van der Waals surface area contributed by atoms with Crippen molar-refractivity contribution in [2.24, 2.45) is 0 Å². The first kappa shape index (κ1) is 8.45. The first-order chi connectivity index (χ1) is 6.11. The van der Waals surface area contributed by atoms with Crippen LogP contribution in [0.2, 0.25) is 0 Å². The molecular weight excluding hydrogens is 164 g/mol. The summed E-state index contributed by atoms with van der Waals surface area (Å²) in [5.41, 5.74) is 0.620. The van der Waals surface area contributed by atoms with E-state index in [9.17, 15) is 9.90 Å². The second kappa shape index (κ2) is 2.67. The molecule has 1 aromatic carbocycles. The van der Waals surface area contributed by atoms with Gasteiger partial charge in [0, 0.05) is 12.0 Å². The van der Waals surface area contributed by atoms with Crippen LogP contribution in [0.4, 0.5) is 0 Å². The molecule has 2 heteroatoms. The van der Waals surface area contributed by atoms with Gasteiger partial charge in [-0.15, -0.1) is 0 Å². The highest BCUT2D eigenvalue weighted by Crippen LogP contribution is 2.34. The van der Waals surface area contributed by atoms with E-state index in [2.05, 4.69) is 0 Å². The minimum Gasteiger partial charge on any atom is -0.385 e. The lowest BCUT2D eigenvalue weighted by atomic mass is 9.80. The van der Waals surface area contributed by atoms with Crippen molar-refractivity contribution in [1.82, 2.24) is 0 Å². The third-order valence-corrected chi connectivity index (χ3v) is 2.65. The molecule has 1 unspecified atom stereocenters. The van der Waals surface area contributed by atoms with Gasteiger partial charge >= 0.3 is 0 Å². The van der Waals surface area contributed by atoms with E-state index in [0.717, 1.165) is 5.56 Å². The summed E-state index contributed by atoms with van der Waals surface area (Å²) >= 11 is 0.